The van der Waals surface area contributed by atoms with E-state index in [0.717, 1.165) is 16.5 Å². The van der Waals surface area contributed by atoms with Crippen LogP contribution in [0.25, 0.3) is 10.9 Å². The molecular weight excluding hydrogens is 368 g/mol. The van der Waals surface area contributed by atoms with E-state index >= 15 is 0 Å². The van der Waals surface area contributed by atoms with Crippen LogP contribution in [0.3, 0.4) is 0 Å². The molecule has 0 fully saturated rings. The Bertz CT molecular complexity index is 1020. The number of benzene rings is 1. The SMILES string of the molecule is Cc1noc(C(C)C)c1C(=O)NC(Cc1c[nH]c2ccccc12)C(=O)NC(C)C. The molecule has 3 N–H and O–H groups in total. The van der Waals surface area contributed by atoms with Crippen molar-refractivity contribution < 1.29 is 14.1 Å². The summed E-state index contributed by atoms with van der Waals surface area (Å²) >= 11 is 0. The van der Waals surface area contributed by atoms with E-state index in [9.17, 15) is 9.59 Å². The van der Waals surface area contributed by atoms with Crippen molar-refractivity contribution in [1.29, 1.82) is 0 Å². The molecule has 1 atom stereocenters. The zero-order valence-electron chi connectivity index (χ0n) is 17.5. The van der Waals surface area contributed by atoms with E-state index in [1.54, 1.807) is 6.92 Å². The quantitative estimate of drug-likeness (QED) is 0.569. The highest BCUT2D eigenvalue weighted by Crippen LogP contribution is 2.23. The van der Waals surface area contributed by atoms with Crippen LogP contribution in [0.15, 0.2) is 35.0 Å². The predicted molar refractivity (Wildman–Crippen MR) is 112 cm³/mol. The van der Waals surface area contributed by atoms with E-state index < -0.39 is 6.04 Å². The minimum atomic E-state index is -0.724. The Hall–Kier alpha value is -3.09. The van der Waals surface area contributed by atoms with Crippen molar-refractivity contribution in [2.45, 2.75) is 59.0 Å². The third-order valence-electron chi connectivity index (χ3n) is 4.79. The van der Waals surface area contributed by atoms with Gasteiger partial charge in [-0.05, 0) is 32.4 Å². The number of nitrogens with zero attached hydrogens (tertiary/aromatic N) is 1. The molecule has 0 spiro atoms. The number of H-pyrrole nitrogens is 1. The standard InChI is InChI=1S/C22H28N4O3/c1-12(2)20-19(14(5)26-29-20)22(28)25-18(21(27)24-13(3)4)10-15-11-23-17-9-7-6-8-16(15)17/h6-9,11-13,18,23H,10H2,1-5H3,(H,24,27)(H,25,28). The van der Waals surface area contributed by atoms with Gasteiger partial charge in [0.1, 0.15) is 11.6 Å². The number of hydrogen-bond donors (Lipinski definition) is 3. The maximum absolute atomic E-state index is 13.0. The second-order valence-electron chi connectivity index (χ2n) is 7.91. The average molecular weight is 396 g/mol. The zero-order valence-corrected chi connectivity index (χ0v) is 17.5. The number of carbonyl (C=O) groups excluding carboxylic acids is 2. The fourth-order valence-corrected chi connectivity index (χ4v) is 3.40. The van der Waals surface area contributed by atoms with Crippen molar-refractivity contribution in [1.82, 2.24) is 20.8 Å². The molecule has 0 aliphatic heterocycles. The lowest BCUT2D eigenvalue weighted by atomic mass is 10.0. The Morgan fingerprint density at radius 3 is 2.55 bits per heavy atom. The van der Waals surface area contributed by atoms with Gasteiger partial charge in [-0.3, -0.25) is 9.59 Å². The second kappa shape index (κ2) is 8.51. The summed E-state index contributed by atoms with van der Waals surface area (Å²) in [7, 11) is 0. The van der Waals surface area contributed by atoms with Crippen LogP contribution in [0.2, 0.25) is 0 Å². The lowest BCUT2D eigenvalue weighted by Gasteiger charge is -2.20. The molecule has 2 heterocycles. The molecule has 0 aliphatic carbocycles. The van der Waals surface area contributed by atoms with Crippen molar-refractivity contribution in [2.75, 3.05) is 0 Å². The molecule has 29 heavy (non-hydrogen) atoms. The number of carbonyl (C=O) groups is 2. The minimum absolute atomic E-state index is 0.00788. The lowest BCUT2D eigenvalue weighted by molar-refractivity contribution is -0.123. The molecule has 2 amide bonds. The number of amides is 2. The number of aromatic nitrogens is 2. The van der Waals surface area contributed by atoms with Gasteiger partial charge in [0.15, 0.2) is 5.76 Å². The molecule has 3 rings (SSSR count). The molecule has 0 saturated heterocycles. The van der Waals surface area contributed by atoms with Crippen LogP contribution >= 0.6 is 0 Å². The maximum Gasteiger partial charge on any atom is 0.257 e. The van der Waals surface area contributed by atoms with Crippen molar-refractivity contribution in [3.8, 4) is 0 Å². The van der Waals surface area contributed by atoms with Crippen LogP contribution in [-0.2, 0) is 11.2 Å². The summed E-state index contributed by atoms with van der Waals surface area (Å²) in [5.74, 6) is -0.0429. The van der Waals surface area contributed by atoms with Gasteiger partial charge in [0.05, 0.1) is 5.69 Å². The number of para-hydroxylation sites is 1. The first-order chi connectivity index (χ1) is 13.8. The predicted octanol–water partition coefficient (Wildman–Crippen LogP) is 3.45. The molecule has 1 aromatic carbocycles. The molecule has 1 unspecified atom stereocenters. The Morgan fingerprint density at radius 1 is 1.14 bits per heavy atom. The maximum atomic E-state index is 13.0. The number of fused-ring (bicyclic) bond motifs is 1. The molecule has 7 nitrogen and oxygen atoms in total. The normalized spacial score (nSPS) is 12.5. The smallest absolute Gasteiger partial charge is 0.257 e. The highest BCUT2D eigenvalue weighted by Gasteiger charge is 2.28. The first-order valence-corrected chi connectivity index (χ1v) is 9.90. The topological polar surface area (TPSA) is 100 Å². The van der Waals surface area contributed by atoms with Crippen molar-refractivity contribution in [3.63, 3.8) is 0 Å². The second-order valence-corrected chi connectivity index (χ2v) is 7.91. The summed E-state index contributed by atoms with van der Waals surface area (Å²) in [5, 5.41) is 10.8. The van der Waals surface area contributed by atoms with Crippen LogP contribution in [0.1, 0.15) is 61.0 Å². The van der Waals surface area contributed by atoms with Crippen LogP contribution in [-0.4, -0.2) is 34.0 Å². The molecule has 7 heteroatoms. The Labute approximate surface area is 170 Å². The van der Waals surface area contributed by atoms with Gasteiger partial charge in [-0.15, -0.1) is 0 Å². The van der Waals surface area contributed by atoms with Crippen molar-refractivity contribution >= 4 is 22.7 Å². The summed E-state index contributed by atoms with van der Waals surface area (Å²) in [5.41, 5.74) is 2.88. The van der Waals surface area contributed by atoms with E-state index in [4.69, 9.17) is 4.52 Å². The zero-order chi connectivity index (χ0) is 21.1. The lowest BCUT2D eigenvalue weighted by Crippen LogP contribution is -2.49. The van der Waals surface area contributed by atoms with Crippen molar-refractivity contribution in [3.05, 3.63) is 53.0 Å². The molecule has 3 aromatic rings. The van der Waals surface area contributed by atoms with Crippen LogP contribution in [0.4, 0.5) is 0 Å². The molecule has 0 aliphatic rings. The first-order valence-electron chi connectivity index (χ1n) is 9.90. The molecular formula is C22H28N4O3. The fraction of sp³-hybridized carbons (Fsp3) is 0.409. The van der Waals surface area contributed by atoms with E-state index in [0.29, 0.717) is 23.4 Å². The van der Waals surface area contributed by atoms with Gasteiger partial charge in [-0.25, -0.2) is 0 Å². The number of hydrogen-bond acceptors (Lipinski definition) is 4. The van der Waals surface area contributed by atoms with Crippen molar-refractivity contribution in [2.24, 2.45) is 0 Å². The van der Waals surface area contributed by atoms with Crippen LogP contribution in [0, 0.1) is 6.92 Å². The molecule has 0 radical (unpaired) electrons. The van der Waals surface area contributed by atoms with Gasteiger partial charge in [-0.2, -0.15) is 0 Å². The van der Waals surface area contributed by atoms with E-state index in [1.807, 2.05) is 58.2 Å². The molecule has 0 saturated carbocycles. The minimum Gasteiger partial charge on any atom is -0.361 e. The van der Waals surface area contributed by atoms with E-state index in [-0.39, 0.29) is 23.8 Å². The highest BCUT2D eigenvalue weighted by atomic mass is 16.5. The number of aromatic amines is 1. The number of aryl methyl sites for hydroxylation is 1. The largest absolute Gasteiger partial charge is 0.361 e. The van der Waals surface area contributed by atoms with Gasteiger partial charge in [0.25, 0.3) is 5.91 Å². The van der Waals surface area contributed by atoms with E-state index in [2.05, 4.69) is 20.8 Å². The van der Waals surface area contributed by atoms with Gasteiger partial charge < -0.3 is 20.1 Å². The average Bonchev–Trinajstić information content (AvgIpc) is 3.24. The van der Waals surface area contributed by atoms with Gasteiger partial charge in [0.2, 0.25) is 5.91 Å². The highest BCUT2D eigenvalue weighted by molar-refractivity contribution is 5.99. The number of rotatable bonds is 7. The Morgan fingerprint density at radius 2 is 1.86 bits per heavy atom. The summed E-state index contributed by atoms with van der Waals surface area (Å²) in [6.07, 6.45) is 2.26. The third-order valence-corrected chi connectivity index (χ3v) is 4.79. The fourth-order valence-electron chi connectivity index (χ4n) is 3.40. The summed E-state index contributed by atoms with van der Waals surface area (Å²) in [4.78, 5) is 29.1. The van der Waals surface area contributed by atoms with Crippen LogP contribution in [0.5, 0.6) is 0 Å². The van der Waals surface area contributed by atoms with E-state index in [1.165, 1.54) is 0 Å². The van der Waals surface area contributed by atoms with Gasteiger partial charge >= 0.3 is 0 Å². The van der Waals surface area contributed by atoms with Gasteiger partial charge in [0, 0.05) is 35.5 Å². The van der Waals surface area contributed by atoms with Gasteiger partial charge in [-0.1, -0.05) is 37.2 Å². The summed E-state index contributed by atoms with van der Waals surface area (Å²) < 4.78 is 5.33. The monoisotopic (exact) mass is 396 g/mol. The molecule has 0 bridgehead atoms. The molecule has 2 aromatic heterocycles. The number of nitrogens with one attached hydrogen (secondary N) is 3. The first kappa shape index (κ1) is 20.6. The third kappa shape index (κ3) is 4.50. The Balaban J connectivity index is 1.89. The van der Waals surface area contributed by atoms with Crippen LogP contribution < -0.4 is 10.6 Å². The molecule has 154 valence electrons. The summed E-state index contributed by atoms with van der Waals surface area (Å²) in [6.45, 7) is 9.39. The summed E-state index contributed by atoms with van der Waals surface area (Å²) in [6, 6.07) is 7.14. The Kier molecular flexibility index (Phi) is 6.06.